The highest BCUT2D eigenvalue weighted by atomic mass is 15.2. The van der Waals surface area contributed by atoms with Gasteiger partial charge in [-0.15, -0.1) is 0 Å². The van der Waals surface area contributed by atoms with E-state index in [9.17, 15) is 0 Å². The molecule has 1 N–H and O–H groups in total. The van der Waals surface area contributed by atoms with E-state index in [2.05, 4.69) is 17.1 Å². The first kappa shape index (κ1) is 11.0. The van der Waals surface area contributed by atoms with Gasteiger partial charge in [-0.3, -0.25) is 0 Å². The smallest absolute Gasteiger partial charge is 0.0129 e. The summed E-state index contributed by atoms with van der Waals surface area (Å²) in [5, 5.41) is 3.48. The SMILES string of the molecule is CCNCCC1CC2C3CCN(CC3)C2C1. The second kappa shape index (κ2) is 4.66. The van der Waals surface area contributed by atoms with Crippen molar-refractivity contribution in [2.75, 3.05) is 26.2 Å². The molecule has 4 fully saturated rings. The summed E-state index contributed by atoms with van der Waals surface area (Å²) in [6.45, 7) is 7.40. The van der Waals surface area contributed by atoms with Crippen LogP contribution in [0.2, 0.25) is 0 Å². The van der Waals surface area contributed by atoms with Crippen LogP contribution in [0.25, 0.3) is 0 Å². The Bertz CT molecular complexity index is 213. The Hall–Kier alpha value is -0.0800. The van der Waals surface area contributed by atoms with Gasteiger partial charge in [-0.25, -0.2) is 0 Å². The molecule has 3 heterocycles. The lowest BCUT2D eigenvalue weighted by atomic mass is 9.75. The number of rotatable bonds is 4. The van der Waals surface area contributed by atoms with Crippen LogP contribution in [0.15, 0.2) is 0 Å². The fourth-order valence-electron chi connectivity index (χ4n) is 4.48. The van der Waals surface area contributed by atoms with Gasteiger partial charge in [0.2, 0.25) is 0 Å². The predicted molar refractivity (Wildman–Crippen MR) is 67.5 cm³/mol. The van der Waals surface area contributed by atoms with Crippen LogP contribution >= 0.6 is 0 Å². The van der Waals surface area contributed by atoms with Gasteiger partial charge in [0.05, 0.1) is 0 Å². The molecule has 2 bridgehead atoms. The molecule has 0 aromatic carbocycles. The average Bonchev–Trinajstić information content (AvgIpc) is 2.76. The van der Waals surface area contributed by atoms with E-state index in [4.69, 9.17) is 0 Å². The first-order valence-corrected chi connectivity index (χ1v) is 7.33. The number of fused-ring (bicyclic) bond motifs is 2. The van der Waals surface area contributed by atoms with Crippen molar-refractivity contribution in [1.29, 1.82) is 0 Å². The van der Waals surface area contributed by atoms with Crippen molar-refractivity contribution in [3.05, 3.63) is 0 Å². The molecule has 0 amide bonds. The van der Waals surface area contributed by atoms with Gasteiger partial charge in [-0.1, -0.05) is 6.92 Å². The Morgan fingerprint density at radius 3 is 2.69 bits per heavy atom. The minimum Gasteiger partial charge on any atom is -0.317 e. The fourth-order valence-corrected chi connectivity index (χ4v) is 4.48. The normalized spacial score (nSPS) is 45.9. The molecule has 0 aromatic rings. The molecule has 1 aliphatic carbocycles. The Labute approximate surface area is 99.8 Å². The van der Waals surface area contributed by atoms with Crippen LogP contribution in [-0.4, -0.2) is 37.1 Å². The quantitative estimate of drug-likeness (QED) is 0.733. The van der Waals surface area contributed by atoms with E-state index in [-0.39, 0.29) is 0 Å². The van der Waals surface area contributed by atoms with E-state index in [0.29, 0.717) is 0 Å². The van der Waals surface area contributed by atoms with Gasteiger partial charge in [-0.05, 0) is 76.0 Å². The molecule has 3 atom stereocenters. The maximum atomic E-state index is 3.48. The van der Waals surface area contributed by atoms with Gasteiger partial charge in [-0.2, -0.15) is 0 Å². The number of nitrogens with zero attached hydrogens (tertiary/aromatic N) is 1. The first-order valence-electron chi connectivity index (χ1n) is 7.33. The minimum atomic E-state index is 0.985. The van der Waals surface area contributed by atoms with Crippen molar-refractivity contribution in [1.82, 2.24) is 10.2 Å². The lowest BCUT2D eigenvalue weighted by Gasteiger charge is -2.48. The number of piperidine rings is 3. The van der Waals surface area contributed by atoms with Crippen LogP contribution in [0.5, 0.6) is 0 Å². The summed E-state index contributed by atoms with van der Waals surface area (Å²) in [4.78, 5) is 2.80. The molecule has 4 rings (SSSR count). The van der Waals surface area contributed by atoms with Gasteiger partial charge in [0.1, 0.15) is 0 Å². The van der Waals surface area contributed by atoms with E-state index in [0.717, 1.165) is 30.3 Å². The van der Waals surface area contributed by atoms with Gasteiger partial charge < -0.3 is 10.2 Å². The van der Waals surface area contributed by atoms with Crippen molar-refractivity contribution in [3.8, 4) is 0 Å². The van der Waals surface area contributed by atoms with Crippen molar-refractivity contribution < 1.29 is 0 Å². The molecule has 1 saturated carbocycles. The van der Waals surface area contributed by atoms with Gasteiger partial charge in [0, 0.05) is 6.04 Å². The third-order valence-electron chi connectivity index (χ3n) is 5.30. The monoisotopic (exact) mass is 222 g/mol. The standard InChI is InChI=1S/C14H26N2/c1-2-15-6-3-11-9-13-12-4-7-16(8-5-12)14(13)10-11/h11-15H,2-10H2,1H3. The molecule has 0 radical (unpaired) electrons. The van der Waals surface area contributed by atoms with Crippen LogP contribution in [0.3, 0.4) is 0 Å². The van der Waals surface area contributed by atoms with E-state index in [1.807, 2.05) is 0 Å². The number of hydrogen-bond donors (Lipinski definition) is 1. The molecular weight excluding hydrogens is 196 g/mol. The Morgan fingerprint density at radius 2 is 2.00 bits per heavy atom. The molecule has 2 heteroatoms. The summed E-state index contributed by atoms with van der Waals surface area (Å²) in [6, 6.07) is 0.985. The molecular formula is C14H26N2. The van der Waals surface area contributed by atoms with Gasteiger partial charge in [0.25, 0.3) is 0 Å². The highest BCUT2D eigenvalue weighted by Gasteiger charge is 2.47. The summed E-state index contributed by atoms with van der Waals surface area (Å²) in [7, 11) is 0. The topological polar surface area (TPSA) is 15.3 Å². The largest absolute Gasteiger partial charge is 0.317 e. The molecule has 0 spiro atoms. The second-order valence-electron chi connectivity index (χ2n) is 6.08. The molecule has 2 nitrogen and oxygen atoms in total. The number of hydrogen-bond acceptors (Lipinski definition) is 2. The maximum absolute atomic E-state index is 3.48. The zero-order valence-electron chi connectivity index (χ0n) is 10.6. The van der Waals surface area contributed by atoms with Crippen LogP contribution in [0.1, 0.15) is 39.0 Å². The molecule has 4 aliphatic rings. The Balaban J connectivity index is 1.55. The Kier molecular flexibility index (Phi) is 3.21. The molecule has 92 valence electrons. The van der Waals surface area contributed by atoms with Crippen LogP contribution < -0.4 is 5.32 Å². The van der Waals surface area contributed by atoms with Crippen LogP contribution in [0, 0.1) is 17.8 Å². The summed E-state index contributed by atoms with van der Waals surface area (Å²) >= 11 is 0. The third kappa shape index (κ3) is 1.91. The molecule has 3 unspecified atom stereocenters. The average molecular weight is 222 g/mol. The lowest BCUT2D eigenvalue weighted by molar-refractivity contribution is 0.00792. The minimum absolute atomic E-state index is 0.985. The molecule has 16 heavy (non-hydrogen) atoms. The highest BCUT2D eigenvalue weighted by molar-refractivity contribution is 5.00. The first-order chi connectivity index (χ1) is 7.88. The predicted octanol–water partition coefficient (Wildman–Crippen LogP) is 2.11. The van der Waals surface area contributed by atoms with E-state index < -0.39 is 0 Å². The van der Waals surface area contributed by atoms with E-state index >= 15 is 0 Å². The zero-order chi connectivity index (χ0) is 11.0. The maximum Gasteiger partial charge on any atom is 0.0129 e. The third-order valence-corrected chi connectivity index (χ3v) is 5.30. The molecule has 3 aliphatic heterocycles. The fraction of sp³-hybridized carbons (Fsp3) is 1.00. The van der Waals surface area contributed by atoms with Crippen molar-refractivity contribution in [3.63, 3.8) is 0 Å². The summed E-state index contributed by atoms with van der Waals surface area (Å²) < 4.78 is 0. The molecule has 3 saturated heterocycles. The van der Waals surface area contributed by atoms with Crippen molar-refractivity contribution in [2.45, 2.75) is 45.1 Å². The second-order valence-corrected chi connectivity index (χ2v) is 6.08. The highest BCUT2D eigenvalue weighted by Crippen LogP contribution is 2.48. The van der Waals surface area contributed by atoms with Gasteiger partial charge in [0.15, 0.2) is 0 Å². The number of nitrogens with one attached hydrogen (secondary N) is 1. The van der Waals surface area contributed by atoms with Crippen molar-refractivity contribution in [2.24, 2.45) is 17.8 Å². The zero-order valence-corrected chi connectivity index (χ0v) is 10.6. The summed E-state index contributed by atoms with van der Waals surface area (Å²) in [5.74, 6) is 3.20. The molecule has 0 aromatic heterocycles. The van der Waals surface area contributed by atoms with Crippen molar-refractivity contribution >= 4 is 0 Å². The summed E-state index contributed by atoms with van der Waals surface area (Å²) in [5.41, 5.74) is 0. The van der Waals surface area contributed by atoms with E-state index in [1.165, 1.54) is 51.7 Å². The summed E-state index contributed by atoms with van der Waals surface area (Å²) in [6.07, 6.45) is 7.47. The van der Waals surface area contributed by atoms with Crippen LogP contribution in [0.4, 0.5) is 0 Å². The van der Waals surface area contributed by atoms with Gasteiger partial charge >= 0.3 is 0 Å². The lowest BCUT2D eigenvalue weighted by Crippen LogP contribution is -2.52. The van der Waals surface area contributed by atoms with Crippen LogP contribution in [-0.2, 0) is 0 Å². The Morgan fingerprint density at radius 1 is 1.19 bits per heavy atom. The van der Waals surface area contributed by atoms with E-state index in [1.54, 1.807) is 0 Å².